The molecule has 8 heteroatoms. The van der Waals surface area contributed by atoms with Gasteiger partial charge in [-0.15, -0.1) is 11.3 Å². The summed E-state index contributed by atoms with van der Waals surface area (Å²) in [6.45, 7) is 2.61. The fourth-order valence-corrected chi connectivity index (χ4v) is 3.59. The fraction of sp³-hybridized carbons (Fsp3) is 0.211. The van der Waals surface area contributed by atoms with E-state index >= 15 is 0 Å². The Kier molecular flexibility index (Phi) is 5.08. The molecule has 1 aliphatic rings. The van der Waals surface area contributed by atoms with Gasteiger partial charge in [0.2, 0.25) is 0 Å². The van der Waals surface area contributed by atoms with Crippen LogP contribution < -0.4 is 10.2 Å². The summed E-state index contributed by atoms with van der Waals surface area (Å²) in [5, 5.41) is 5.06. The van der Waals surface area contributed by atoms with Crippen molar-refractivity contribution in [1.82, 2.24) is 9.97 Å². The molecule has 0 spiro atoms. The van der Waals surface area contributed by atoms with Crippen LogP contribution in [0.15, 0.2) is 48.0 Å². The molecule has 1 aliphatic heterocycles. The first-order chi connectivity index (χ1) is 13.2. The summed E-state index contributed by atoms with van der Waals surface area (Å²) in [5.74, 6) is 0.0431. The Morgan fingerprint density at radius 3 is 2.89 bits per heavy atom. The lowest BCUT2D eigenvalue weighted by atomic mass is 10.2. The van der Waals surface area contributed by atoms with E-state index < -0.39 is 0 Å². The van der Waals surface area contributed by atoms with E-state index in [-0.39, 0.29) is 11.7 Å². The first kappa shape index (κ1) is 17.6. The predicted molar refractivity (Wildman–Crippen MR) is 103 cm³/mol. The van der Waals surface area contributed by atoms with Gasteiger partial charge >= 0.3 is 0 Å². The van der Waals surface area contributed by atoms with E-state index in [1.54, 1.807) is 35.8 Å². The molecular weight excluding hydrogens is 367 g/mol. The lowest BCUT2D eigenvalue weighted by Crippen LogP contribution is -2.38. The number of halogens is 1. The quantitative estimate of drug-likeness (QED) is 0.746. The Labute approximate surface area is 159 Å². The summed E-state index contributed by atoms with van der Waals surface area (Å²) < 4.78 is 18.8. The number of nitrogens with one attached hydrogen (secondary N) is 1. The molecule has 0 saturated carbocycles. The van der Waals surface area contributed by atoms with E-state index in [1.165, 1.54) is 23.5 Å². The highest BCUT2D eigenvalue weighted by Gasteiger charge is 2.20. The number of benzene rings is 1. The smallest absolute Gasteiger partial charge is 0.261 e. The van der Waals surface area contributed by atoms with Crippen molar-refractivity contribution in [3.8, 4) is 11.3 Å². The Hall–Kier alpha value is -2.84. The third-order valence-electron chi connectivity index (χ3n) is 4.19. The summed E-state index contributed by atoms with van der Waals surface area (Å²) >= 11 is 1.30. The molecular formula is C19H17FN4O2S. The lowest BCUT2D eigenvalue weighted by Gasteiger charge is -2.29. The zero-order valence-electron chi connectivity index (χ0n) is 14.4. The van der Waals surface area contributed by atoms with Crippen molar-refractivity contribution in [3.63, 3.8) is 0 Å². The maximum atomic E-state index is 13.4. The monoisotopic (exact) mass is 384 g/mol. The summed E-state index contributed by atoms with van der Waals surface area (Å²) in [6.07, 6.45) is 1.67. The molecule has 0 radical (unpaired) electrons. The minimum absolute atomic E-state index is 0.273. The van der Waals surface area contributed by atoms with Crippen molar-refractivity contribution in [2.45, 2.75) is 0 Å². The van der Waals surface area contributed by atoms with Crippen molar-refractivity contribution in [1.29, 1.82) is 0 Å². The van der Waals surface area contributed by atoms with Gasteiger partial charge in [-0.1, -0.05) is 12.1 Å². The second kappa shape index (κ2) is 7.81. The lowest BCUT2D eigenvalue weighted by molar-refractivity contribution is 0.102. The van der Waals surface area contributed by atoms with Crippen molar-refractivity contribution in [3.05, 3.63) is 59.4 Å². The van der Waals surface area contributed by atoms with Crippen LogP contribution >= 0.6 is 11.3 Å². The van der Waals surface area contributed by atoms with Gasteiger partial charge in [-0.05, 0) is 24.3 Å². The number of hydrogen-bond donors (Lipinski definition) is 1. The first-order valence-corrected chi connectivity index (χ1v) is 9.39. The van der Waals surface area contributed by atoms with Gasteiger partial charge in [-0.25, -0.2) is 14.4 Å². The minimum Gasteiger partial charge on any atom is -0.378 e. The molecule has 27 heavy (non-hydrogen) atoms. The summed E-state index contributed by atoms with van der Waals surface area (Å²) in [4.78, 5) is 23.6. The summed E-state index contributed by atoms with van der Waals surface area (Å²) in [6, 6.07) is 9.69. The number of carbonyl (C=O) groups is 1. The van der Waals surface area contributed by atoms with Crippen LogP contribution in [0.5, 0.6) is 0 Å². The van der Waals surface area contributed by atoms with Crippen LogP contribution in [0.2, 0.25) is 0 Å². The molecule has 3 heterocycles. The Bertz CT molecular complexity index is 956. The highest BCUT2D eigenvalue weighted by molar-refractivity contribution is 7.14. The zero-order chi connectivity index (χ0) is 18.6. The molecule has 6 nitrogen and oxygen atoms in total. The fourth-order valence-electron chi connectivity index (χ4n) is 2.88. The second-order valence-electron chi connectivity index (χ2n) is 5.98. The standard InChI is InChI=1S/C19H17FN4O2S/c20-14-4-1-3-13(11-14)16-12-27-19(22-16)23-18(25)15-5-2-6-21-17(15)24-7-9-26-10-8-24/h1-6,11-12H,7-10H2,(H,22,23,25). The van der Waals surface area contributed by atoms with E-state index in [9.17, 15) is 9.18 Å². The van der Waals surface area contributed by atoms with Gasteiger partial charge in [0.1, 0.15) is 11.6 Å². The largest absolute Gasteiger partial charge is 0.378 e. The van der Waals surface area contributed by atoms with Crippen LogP contribution in [0.3, 0.4) is 0 Å². The van der Waals surface area contributed by atoms with Gasteiger partial charge < -0.3 is 9.64 Å². The number of thiazole rings is 1. The topological polar surface area (TPSA) is 67.4 Å². The molecule has 1 saturated heterocycles. The number of pyridine rings is 1. The molecule has 138 valence electrons. The summed E-state index contributed by atoms with van der Waals surface area (Å²) in [5.41, 5.74) is 1.78. The Morgan fingerprint density at radius 2 is 2.07 bits per heavy atom. The SMILES string of the molecule is O=C(Nc1nc(-c2cccc(F)c2)cs1)c1cccnc1N1CCOCC1. The van der Waals surface area contributed by atoms with Crippen molar-refractivity contribution in [2.75, 3.05) is 36.5 Å². The van der Waals surface area contributed by atoms with Crippen LogP contribution in [-0.4, -0.2) is 42.2 Å². The average molecular weight is 384 g/mol. The number of rotatable bonds is 4. The number of morpholine rings is 1. The highest BCUT2D eigenvalue weighted by Crippen LogP contribution is 2.26. The Balaban J connectivity index is 1.53. The van der Waals surface area contributed by atoms with Gasteiger partial charge in [0.25, 0.3) is 5.91 Å². The number of nitrogens with zero attached hydrogens (tertiary/aromatic N) is 3. The molecule has 1 aromatic carbocycles. The highest BCUT2D eigenvalue weighted by atomic mass is 32.1. The number of ether oxygens (including phenoxy) is 1. The molecule has 0 atom stereocenters. The minimum atomic E-state index is -0.323. The molecule has 0 unspecified atom stereocenters. The number of anilines is 2. The van der Waals surface area contributed by atoms with Gasteiger partial charge in [0, 0.05) is 30.2 Å². The molecule has 1 fully saturated rings. The average Bonchev–Trinajstić information content (AvgIpc) is 3.17. The predicted octanol–water partition coefficient (Wildman–Crippen LogP) is 3.43. The molecule has 3 aromatic rings. The maximum Gasteiger partial charge on any atom is 0.261 e. The molecule has 0 bridgehead atoms. The van der Waals surface area contributed by atoms with Crippen LogP contribution in [0, 0.1) is 5.82 Å². The van der Waals surface area contributed by atoms with Gasteiger partial charge in [-0.2, -0.15) is 0 Å². The Morgan fingerprint density at radius 1 is 1.22 bits per heavy atom. The van der Waals surface area contributed by atoms with Crippen LogP contribution in [0.4, 0.5) is 15.3 Å². The van der Waals surface area contributed by atoms with Crippen molar-refractivity contribution >= 4 is 28.2 Å². The number of carbonyl (C=O) groups excluding carboxylic acids is 1. The van der Waals surface area contributed by atoms with Crippen LogP contribution in [0.1, 0.15) is 10.4 Å². The second-order valence-corrected chi connectivity index (χ2v) is 6.83. The van der Waals surface area contributed by atoms with Crippen molar-refractivity contribution < 1.29 is 13.9 Å². The number of amides is 1. The summed E-state index contributed by atoms with van der Waals surface area (Å²) in [7, 11) is 0. The van der Waals surface area contributed by atoms with Gasteiger partial charge in [0.05, 0.1) is 24.5 Å². The van der Waals surface area contributed by atoms with E-state index in [0.29, 0.717) is 54.1 Å². The molecule has 1 amide bonds. The van der Waals surface area contributed by atoms with E-state index in [4.69, 9.17) is 4.74 Å². The van der Waals surface area contributed by atoms with E-state index in [0.717, 1.165) is 0 Å². The molecule has 2 aromatic heterocycles. The molecule has 1 N–H and O–H groups in total. The van der Waals surface area contributed by atoms with Crippen LogP contribution in [-0.2, 0) is 4.74 Å². The van der Waals surface area contributed by atoms with E-state index in [2.05, 4.69) is 15.3 Å². The molecule has 0 aliphatic carbocycles. The van der Waals surface area contributed by atoms with Gasteiger partial charge in [0.15, 0.2) is 5.13 Å². The van der Waals surface area contributed by atoms with Crippen LogP contribution in [0.25, 0.3) is 11.3 Å². The maximum absolute atomic E-state index is 13.4. The van der Waals surface area contributed by atoms with Gasteiger partial charge in [-0.3, -0.25) is 10.1 Å². The first-order valence-electron chi connectivity index (χ1n) is 8.51. The number of hydrogen-bond acceptors (Lipinski definition) is 6. The number of aromatic nitrogens is 2. The third kappa shape index (κ3) is 3.96. The third-order valence-corrected chi connectivity index (χ3v) is 4.94. The molecule has 4 rings (SSSR count). The normalized spacial score (nSPS) is 14.2. The zero-order valence-corrected chi connectivity index (χ0v) is 15.2. The van der Waals surface area contributed by atoms with E-state index in [1.807, 2.05) is 4.90 Å². The van der Waals surface area contributed by atoms with Crippen molar-refractivity contribution in [2.24, 2.45) is 0 Å².